The van der Waals surface area contributed by atoms with Crippen molar-refractivity contribution >= 4 is 21.6 Å². The normalized spacial score (nSPS) is 15.5. The molecule has 1 saturated heterocycles. The number of carbonyl (C=O) groups is 1. The van der Waals surface area contributed by atoms with Crippen LogP contribution in [0.25, 0.3) is 5.65 Å². The average Bonchev–Trinajstić information content (AvgIpc) is 3.17. The van der Waals surface area contributed by atoms with Crippen molar-refractivity contribution < 1.29 is 17.9 Å². The van der Waals surface area contributed by atoms with Crippen LogP contribution >= 0.6 is 0 Å². The zero-order chi connectivity index (χ0) is 21.5. The number of nitrogens with zero attached hydrogens (tertiary/aromatic N) is 5. The summed E-state index contributed by atoms with van der Waals surface area (Å²) >= 11 is 0. The van der Waals surface area contributed by atoms with E-state index >= 15 is 0 Å². The Morgan fingerprint density at radius 1 is 1.07 bits per heavy atom. The highest BCUT2D eigenvalue weighted by Gasteiger charge is 2.31. The maximum absolute atomic E-state index is 13.0. The molecule has 0 aliphatic carbocycles. The van der Waals surface area contributed by atoms with Crippen molar-refractivity contribution in [3.05, 3.63) is 53.5 Å². The fraction of sp³-hybridized carbons (Fsp3) is 0.350. The molecular formula is C20H23N5O4S. The van der Waals surface area contributed by atoms with Crippen LogP contribution in [0.15, 0.2) is 41.4 Å². The number of hydrogen-bond acceptors (Lipinski definition) is 6. The maximum atomic E-state index is 13.0. The molecule has 0 N–H and O–H groups in total. The quantitative estimate of drug-likeness (QED) is 0.624. The SMILES string of the molecule is COc1ccc(S(=O)(=O)N2CCN(C(=O)c3cnn4c(C)cc(C)nc34)CC2)cc1. The van der Waals surface area contributed by atoms with Crippen LogP contribution in [0, 0.1) is 13.8 Å². The molecule has 1 aliphatic heterocycles. The second-order valence-corrected chi connectivity index (χ2v) is 9.14. The molecule has 0 unspecified atom stereocenters. The zero-order valence-electron chi connectivity index (χ0n) is 17.1. The van der Waals surface area contributed by atoms with Gasteiger partial charge in [-0.2, -0.15) is 9.40 Å². The molecule has 1 aliphatic rings. The van der Waals surface area contributed by atoms with E-state index in [-0.39, 0.29) is 23.9 Å². The lowest BCUT2D eigenvalue weighted by Crippen LogP contribution is -2.50. The number of aryl methyl sites for hydroxylation is 2. The van der Waals surface area contributed by atoms with Crippen molar-refractivity contribution in [2.75, 3.05) is 33.3 Å². The van der Waals surface area contributed by atoms with Crippen molar-refractivity contribution in [1.82, 2.24) is 23.8 Å². The first-order valence-corrected chi connectivity index (χ1v) is 11.0. The number of ether oxygens (including phenoxy) is 1. The van der Waals surface area contributed by atoms with Crippen LogP contribution in [0.4, 0.5) is 0 Å². The summed E-state index contributed by atoms with van der Waals surface area (Å²) in [5.41, 5.74) is 2.65. The van der Waals surface area contributed by atoms with Gasteiger partial charge in [0.25, 0.3) is 5.91 Å². The fourth-order valence-corrected chi connectivity index (χ4v) is 5.04. The van der Waals surface area contributed by atoms with Gasteiger partial charge in [0.2, 0.25) is 10.0 Å². The lowest BCUT2D eigenvalue weighted by atomic mass is 10.2. The second kappa shape index (κ2) is 7.69. The first-order chi connectivity index (χ1) is 14.3. The lowest BCUT2D eigenvalue weighted by Gasteiger charge is -2.33. The summed E-state index contributed by atoms with van der Waals surface area (Å²) in [4.78, 5) is 19.4. The molecular weight excluding hydrogens is 406 g/mol. The Morgan fingerprint density at radius 2 is 1.73 bits per heavy atom. The Bertz CT molecular complexity index is 1200. The second-order valence-electron chi connectivity index (χ2n) is 7.20. The third-order valence-electron chi connectivity index (χ3n) is 5.23. The number of hydrogen-bond donors (Lipinski definition) is 0. The first-order valence-electron chi connectivity index (χ1n) is 9.57. The number of carbonyl (C=O) groups excluding carboxylic acids is 1. The zero-order valence-corrected chi connectivity index (χ0v) is 17.9. The van der Waals surface area contributed by atoms with Gasteiger partial charge in [-0.05, 0) is 44.2 Å². The van der Waals surface area contributed by atoms with Crippen molar-refractivity contribution in [3.63, 3.8) is 0 Å². The molecule has 1 aromatic carbocycles. The topological polar surface area (TPSA) is 97.1 Å². The number of fused-ring (bicyclic) bond motifs is 1. The highest BCUT2D eigenvalue weighted by molar-refractivity contribution is 7.89. The number of amides is 1. The van der Waals surface area contributed by atoms with Gasteiger partial charge < -0.3 is 9.64 Å². The summed E-state index contributed by atoms with van der Waals surface area (Å²) in [5.74, 6) is 0.404. The minimum Gasteiger partial charge on any atom is -0.497 e. The number of piperazine rings is 1. The molecule has 3 heterocycles. The minimum atomic E-state index is -3.62. The van der Waals surface area contributed by atoms with Crippen LogP contribution in [0.5, 0.6) is 5.75 Å². The Morgan fingerprint density at radius 3 is 2.37 bits per heavy atom. The summed E-state index contributed by atoms with van der Waals surface area (Å²) < 4.78 is 33.9. The van der Waals surface area contributed by atoms with E-state index in [4.69, 9.17) is 4.74 Å². The Hall–Kier alpha value is -2.98. The van der Waals surface area contributed by atoms with Crippen LogP contribution in [0.2, 0.25) is 0 Å². The summed E-state index contributed by atoms with van der Waals surface area (Å²) in [6.07, 6.45) is 1.53. The van der Waals surface area contributed by atoms with Gasteiger partial charge in [-0.25, -0.2) is 17.9 Å². The third kappa shape index (κ3) is 3.52. The third-order valence-corrected chi connectivity index (χ3v) is 7.14. The number of sulfonamides is 1. The lowest BCUT2D eigenvalue weighted by molar-refractivity contribution is 0.0699. The van der Waals surface area contributed by atoms with E-state index in [0.29, 0.717) is 30.0 Å². The molecule has 9 nitrogen and oxygen atoms in total. The number of rotatable bonds is 4. The summed E-state index contributed by atoms with van der Waals surface area (Å²) in [5, 5.41) is 4.27. The van der Waals surface area contributed by atoms with Crippen molar-refractivity contribution in [2.45, 2.75) is 18.7 Å². The molecule has 0 atom stereocenters. The van der Waals surface area contributed by atoms with Crippen LogP contribution in [0.3, 0.4) is 0 Å². The largest absolute Gasteiger partial charge is 0.497 e. The Kier molecular flexibility index (Phi) is 5.20. The predicted octanol–water partition coefficient (Wildman–Crippen LogP) is 1.50. The van der Waals surface area contributed by atoms with Gasteiger partial charge in [-0.1, -0.05) is 0 Å². The first kappa shape index (κ1) is 20.3. The molecule has 0 radical (unpaired) electrons. The number of aromatic nitrogens is 3. The standard InChI is InChI=1S/C20H23N5O4S/c1-14-12-15(2)25-19(22-14)18(13-21-25)20(26)23-8-10-24(11-9-23)30(27,28)17-6-4-16(29-3)5-7-17/h4-7,12-13H,8-11H2,1-3H3. The highest BCUT2D eigenvalue weighted by Crippen LogP contribution is 2.22. The van der Waals surface area contributed by atoms with Crippen molar-refractivity contribution in [3.8, 4) is 5.75 Å². The maximum Gasteiger partial charge on any atom is 0.259 e. The Labute approximate surface area is 174 Å². The molecule has 2 aromatic heterocycles. The summed E-state index contributed by atoms with van der Waals surface area (Å²) in [6, 6.07) is 8.20. The molecule has 0 saturated carbocycles. The number of methoxy groups -OCH3 is 1. The average molecular weight is 430 g/mol. The minimum absolute atomic E-state index is 0.191. The smallest absolute Gasteiger partial charge is 0.259 e. The van der Waals surface area contributed by atoms with Gasteiger partial charge in [-0.3, -0.25) is 4.79 Å². The molecule has 1 amide bonds. The highest BCUT2D eigenvalue weighted by atomic mass is 32.2. The molecule has 158 valence electrons. The van der Waals surface area contributed by atoms with E-state index < -0.39 is 10.0 Å². The van der Waals surface area contributed by atoms with Crippen LogP contribution in [-0.2, 0) is 10.0 Å². The summed E-state index contributed by atoms with van der Waals surface area (Å²) in [6.45, 7) is 4.84. The van der Waals surface area contributed by atoms with Gasteiger partial charge in [0.1, 0.15) is 11.3 Å². The molecule has 1 fully saturated rings. The molecule has 0 bridgehead atoms. The van der Waals surface area contributed by atoms with E-state index in [1.807, 2.05) is 19.9 Å². The molecule has 3 aromatic rings. The monoisotopic (exact) mass is 429 g/mol. The van der Waals surface area contributed by atoms with Gasteiger partial charge in [0, 0.05) is 37.6 Å². The van der Waals surface area contributed by atoms with Gasteiger partial charge in [-0.15, -0.1) is 0 Å². The van der Waals surface area contributed by atoms with Gasteiger partial charge >= 0.3 is 0 Å². The van der Waals surface area contributed by atoms with E-state index in [0.717, 1.165) is 11.4 Å². The van der Waals surface area contributed by atoms with E-state index in [1.165, 1.54) is 29.7 Å². The summed E-state index contributed by atoms with van der Waals surface area (Å²) in [7, 11) is -2.10. The van der Waals surface area contributed by atoms with Crippen molar-refractivity contribution in [2.24, 2.45) is 0 Å². The van der Waals surface area contributed by atoms with Crippen molar-refractivity contribution in [1.29, 1.82) is 0 Å². The molecule has 30 heavy (non-hydrogen) atoms. The van der Waals surface area contributed by atoms with Crippen LogP contribution in [-0.4, -0.2) is 71.4 Å². The van der Waals surface area contributed by atoms with Gasteiger partial charge in [0.05, 0.1) is 18.2 Å². The molecule has 0 spiro atoms. The number of benzene rings is 1. The van der Waals surface area contributed by atoms with E-state index in [1.54, 1.807) is 21.5 Å². The Balaban J connectivity index is 1.50. The fourth-order valence-electron chi connectivity index (χ4n) is 3.62. The molecule has 4 rings (SSSR count). The van der Waals surface area contributed by atoms with E-state index in [2.05, 4.69) is 10.1 Å². The predicted molar refractivity (Wildman–Crippen MR) is 110 cm³/mol. The van der Waals surface area contributed by atoms with Gasteiger partial charge in [0.15, 0.2) is 5.65 Å². The van der Waals surface area contributed by atoms with Crippen LogP contribution in [0.1, 0.15) is 21.7 Å². The van der Waals surface area contributed by atoms with E-state index in [9.17, 15) is 13.2 Å². The molecule has 10 heteroatoms. The van der Waals surface area contributed by atoms with Crippen LogP contribution < -0.4 is 4.74 Å².